The first-order chi connectivity index (χ1) is 60.4. The van der Waals surface area contributed by atoms with Gasteiger partial charge in [0.25, 0.3) is 0 Å². The maximum atomic E-state index is 5.09. The lowest BCUT2D eigenvalue weighted by atomic mass is 9.95. The van der Waals surface area contributed by atoms with Gasteiger partial charge in [-0.25, -0.2) is 19.9 Å². The molecule has 4 aromatic heterocycles. The van der Waals surface area contributed by atoms with Crippen LogP contribution in [0, 0.1) is 0 Å². The average molecular weight is 1550 g/mol. The van der Waals surface area contributed by atoms with Crippen LogP contribution in [0.3, 0.4) is 0 Å². The first kappa shape index (κ1) is 71.1. The summed E-state index contributed by atoms with van der Waals surface area (Å²) in [6.45, 7) is 0. The number of nitrogens with zero attached hydrogens (tertiary/aromatic N) is 6. The van der Waals surface area contributed by atoms with Crippen LogP contribution in [-0.2, 0) is 0 Å². The van der Waals surface area contributed by atoms with Gasteiger partial charge >= 0.3 is 0 Å². The number of hydrogen-bond acceptors (Lipinski definition) is 4. The van der Waals surface area contributed by atoms with Crippen molar-refractivity contribution in [2.45, 2.75) is 0 Å². The van der Waals surface area contributed by atoms with Crippen molar-refractivity contribution in [1.82, 2.24) is 29.1 Å². The van der Waals surface area contributed by atoms with E-state index in [1.165, 1.54) is 153 Å². The molecular weight excluding hydrogens is 1480 g/mol. The average Bonchev–Trinajstić information content (AvgIpc) is 1.57. The van der Waals surface area contributed by atoms with Crippen molar-refractivity contribution in [1.29, 1.82) is 0 Å². The van der Waals surface area contributed by atoms with E-state index >= 15 is 0 Å². The smallest absolute Gasteiger partial charge is 0.160 e. The van der Waals surface area contributed by atoms with E-state index in [2.05, 4.69) is 410 Å². The van der Waals surface area contributed by atoms with Gasteiger partial charge in [-0.05, 0) is 218 Å². The van der Waals surface area contributed by atoms with E-state index in [1.54, 1.807) is 0 Å². The summed E-state index contributed by atoms with van der Waals surface area (Å²) in [6, 6.07) is 161. The van der Waals surface area contributed by atoms with Gasteiger partial charge in [0.1, 0.15) is 0 Å². The summed E-state index contributed by atoms with van der Waals surface area (Å²) in [5.41, 5.74) is 26.4. The molecule has 6 nitrogen and oxygen atoms in total. The minimum absolute atomic E-state index is 0.712. The second-order valence-electron chi connectivity index (χ2n) is 31.7. The summed E-state index contributed by atoms with van der Waals surface area (Å²) < 4.78 is 4.79. The number of fused-ring (bicyclic) bond motifs is 14. The van der Waals surface area contributed by atoms with Crippen molar-refractivity contribution in [3.8, 4) is 124 Å². The Kier molecular flexibility index (Phi) is 17.5. The Bertz CT molecular complexity index is 8100. The SMILES string of the molecule is c1ccc(-c2cc(-c3ccc(-n4c5ccccc5c5c6cc(-c7ccc8ccc(-c9ccc%10ccccc%10c9)cc8c7)ccc6ccc54)cc3)nc(-c3ccccc3)n2)cc1.c1ccc(-c2cc(-c3ccc(-n4c5ccccc5c5c6ccc(-c7ccc8cc(-c9ccc%10ccccc%10c9)ccc8c7)cc6ccc54)cc3)nc(-c3ccccc3)n2)cc1. The van der Waals surface area contributed by atoms with Crippen LogP contribution in [0.1, 0.15) is 0 Å². The fraction of sp³-hybridized carbons (Fsp3) is 0. The van der Waals surface area contributed by atoms with E-state index in [4.69, 9.17) is 19.9 Å². The van der Waals surface area contributed by atoms with Crippen molar-refractivity contribution < 1.29 is 0 Å². The van der Waals surface area contributed by atoms with E-state index in [0.717, 1.165) is 67.5 Å². The van der Waals surface area contributed by atoms with Crippen LogP contribution in [0.2, 0.25) is 0 Å². The van der Waals surface area contributed by atoms with E-state index in [9.17, 15) is 0 Å². The van der Waals surface area contributed by atoms with Gasteiger partial charge in [-0.3, -0.25) is 0 Å². The van der Waals surface area contributed by atoms with Crippen molar-refractivity contribution in [2.75, 3.05) is 0 Å². The highest BCUT2D eigenvalue weighted by Crippen LogP contribution is 2.44. The molecule has 0 amide bonds. The summed E-state index contributed by atoms with van der Waals surface area (Å²) >= 11 is 0. The van der Waals surface area contributed by atoms with Gasteiger partial charge in [-0.1, -0.05) is 340 Å². The van der Waals surface area contributed by atoms with E-state index < -0.39 is 0 Å². The largest absolute Gasteiger partial charge is 0.309 e. The first-order valence-corrected chi connectivity index (χ1v) is 41.6. The molecule has 0 aliphatic carbocycles. The molecular formula is C116H74N6. The van der Waals surface area contributed by atoms with Gasteiger partial charge < -0.3 is 9.13 Å². The van der Waals surface area contributed by atoms with Crippen molar-refractivity contribution >= 4 is 108 Å². The predicted molar refractivity (Wildman–Crippen MR) is 512 cm³/mol. The predicted octanol–water partition coefficient (Wildman–Crippen LogP) is 30.7. The molecule has 0 bridgehead atoms. The lowest BCUT2D eigenvalue weighted by molar-refractivity contribution is 1.17. The lowest BCUT2D eigenvalue weighted by Crippen LogP contribution is -1.97. The standard InChI is InChI=1S/2C58H37N3/c1-3-12-41(13-4-1)53-37-54(60-58(59-53)43-14-5-2-6-15-43)42-27-30-50(31-28-42)61-55-18-10-9-17-51(55)57-52-36-48(26-22-40(52)29-32-56(57)61)47-25-21-39-20-24-46(34-49(39)35-47)45-23-19-38-11-7-8-16-44(38)33-45;1-3-12-39(13-4-1)53-37-54(60-58(59-53)41-14-5-2-6-15-41)40-25-29-50(30-26-40)61-55-18-10-9-17-52(55)57-51-31-27-48(36-49(51)28-32-56(57)61)47-24-23-45-34-44(21-22-46(45)35-47)43-20-19-38-11-7-8-16-42(38)33-43/h2*1-37H. The molecule has 0 saturated carbocycles. The highest BCUT2D eigenvalue weighted by molar-refractivity contribution is 6.23. The molecule has 0 N–H and O–H groups in total. The van der Waals surface area contributed by atoms with Crippen molar-refractivity contribution in [3.05, 3.63) is 449 Å². The molecule has 20 aromatic carbocycles. The number of benzene rings is 20. The third kappa shape index (κ3) is 13.0. The van der Waals surface area contributed by atoms with Gasteiger partial charge in [0, 0.05) is 66.3 Å². The minimum Gasteiger partial charge on any atom is -0.309 e. The van der Waals surface area contributed by atoms with Gasteiger partial charge in [0.2, 0.25) is 0 Å². The topological polar surface area (TPSA) is 61.4 Å². The molecule has 568 valence electrons. The molecule has 0 spiro atoms. The molecule has 0 unspecified atom stereocenters. The third-order valence-electron chi connectivity index (χ3n) is 24.3. The molecule has 0 atom stereocenters. The highest BCUT2D eigenvalue weighted by Gasteiger charge is 2.21. The molecule has 0 aliphatic heterocycles. The second-order valence-corrected chi connectivity index (χ2v) is 31.7. The Morgan fingerprint density at radius 1 is 0.139 bits per heavy atom. The van der Waals surface area contributed by atoms with Crippen molar-refractivity contribution in [2.24, 2.45) is 0 Å². The Hall–Kier alpha value is -16.3. The number of para-hydroxylation sites is 2. The zero-order chi connectivity index (χ0) is 80.6. The molecule has 24 aromatic rings. The number of rotatable bonds is 12. The van der Waals surface area contributed by atoms with Crippen LogP contribution >= 0.6 is 0 Å². The number of hydrogen-bond donors (Lipinski definition) is 0. The normalized spacial score (nSPS) is 11.6. The quantitative estimate of drug-likeness (QED) is 0.122. The summed E-state index contributed by atoms with van der Waals surface area (Å²) in [5.74, 6) is 1.43. The van der Waals surface area contributed by atoms with Crippen LogP contribution in [0.25, 0.3) is 232 Å². The summed E-state index contributed by atoms with van der Waals surface area (Å²) in [6.07, 6.45) is 0. The van der Waals surface area contributed by atoms with Gasteiger partial charge in [-0.2, -0.15) is 0 Å². The number of aromatic nitrogens is 6. The van der Waals surface area contributed by atoms with E-state index in [0.29, 0.717) is 11.6 Å². The Labute approximate surface area is 705 Å². The Morgan fingerprint density at radius 3 is 0.828 bits per heavy atom. The van der Waals surface area contributed by atoms with Gasteiger partial charge in [0.15, 0.2) is 11.6 Å². The lowest BCUT2D eigenvalue weighted by Gasteiger charge is -2.12. The molecule has 122 heavy (non-hydrogen) atoms. The molecule has 4 heterocycles. The summed E-state index contributed by atoms with van der Waals surface area (Å²) in [5, 5.41) is 19.9. The fourth-order valence-corrected chi connectivity index (χ4v) is 18.1. The Balaban J connectivity index is 0.000000142. The first-order valence-electron chi connectivity index (χ1n) is 41.6. The third-order valence-corrected chi connectivity index (χ3v) is 24.3. The van der Waals surface area contributed by atoms with Gasteiger partial charge in [-0.15, -0.1) is 0 Å². The van der Waals surface area contributed by atoms with Crippen LogP contribution in [0.15, 0.2) is 449 Å². The zero-order valence-electron chi connectivity index (χ0n) is 66.4. The molecule has 0 aliphatic rings. The Morgan fingerprint density at radius 2 is 0.410 bits per heavy atom. The maximum absolute atomic E-state index is 5.09. The summed E-state index contributed by atoms with van der Waals surface area (Å²) in [4.78, 5) is 20.1. The molecule has 24 rings (SSSR count). The molecule has 6 heteroatoms. The van der Waals surface area contributed by atoms with Gasteiger partial charge in [0.05, 0.1) is 44.8 Å². The monoisotopic (exact) mass is 1550 g/mol. The highest BCUT2D eigenvalue weighted by atomic mass is 15.0. The van der Waals surface area contributed by atoms with Crippen LogP contribution in [-0.4, -0.2) is 29.1 Å². The minimum atomic E-state index is 0.712. The van der Waals surface area contributed by atoms with E-state index in [-0.39, 0.29) is 0 Å². The van der Waals surface area contributed by atoms with Crippen LogP contribution < -0.4 is 0 Å². The summed E-state index contributed by atoms with van der Waals surface area (Å²) in [7, 11) is 0. The zero-order valence-corrected chi connectivity index (χ0v) is 66.4. The fourth-order valence-electron chi connectivity index (χ4n) is 18.1. The second kappa shape index (κ2) is 30.0. The van der Waals surface area contributed by atoms with E-state index in [1.807, 2.05) is 48.5 Å². The van der Waals surface area contributed by atoms with Crippen LogP contribution in [0.5, 0.6) is 0 Å². The van der Waals surface area contributed by atoms with Crippen LogP contribution in [0.4, 0.5) is 0 Å². The maximum Gasteiger partial charge on any atom is 0.160 e. The molecule has 0 radical (unpaired) electrons. The van der Waals surface area contributed by atoms with Crippen molar-refractivity contribution in [3.63, 3.8) is 0 Å². The molecule has 0 saturated heterocycles. The molecule has 0 fully saturated rings.